The normalized spacial score (nSPS) is 22.2. The van der Waals surface area contributed by atoms with E-state index in [0.29, 0.717) is 0 Å². The lowest BCUT2D eigenvalue weighted by Crippen LogP contribution is -2.38. The number of fused-ring (bicyclic) bond motifs is 2. The van der Waals surface area contributed by atoms with Crippen molar-refractivity contribution in [2.75, 3.05) is 5.32 Å². The van der Waals surface area contributed by atoms with Crippen molar-refractivity contribution < 1.29 is 5.11 Å². The first-order valence-electron chi connectivity index (χ1n) is 8.58. The Labute approximate surface area is 149 Å². The minimum Gasteiger partial charge on any atom is -0.369 e. The fourth-order valence-corrected chi connectivity index (χ4v) is 3.59. The predicted molar refractivity (Wildman–Crippen MR) is 97.6 cm³/mol. The second-order valence-corrected chi connectivity index (χ2v) is 6.56. The van der Waals surface area contributed by atoms with Gasteiger partial charge in [-0.3, -0.25) is 0 Å². The lowest BCUT2D eigenvalue weighted by molar-refractivity contribution is 0.00880. The number of anilines is 1. The van der Waals surface area contributed by atoms with Crippen LogP contribution in [0.3, 0.4) is 0 Å². The minimum atomic E-state index is -0.882. The fourth-order valence-electron chi connectivity index (χ4n) is 3.59. The van der Waals surface area contributed by atoms with Crippen LogP contribution >= 0.6 is 0 Å². The molecule has 2 aromatic heterocycles. The quantitative estimate of drug-likeness (QED) is 0.583. The van der Waals surface area contributed by atoms with Crippen LogP contribution in [0.4, 0.5) is 5.82 Å². The number of hydrogen-bond donors (Lipinski definition) is 2. The summed E-state index contributed by atoms with van der Waals surface area (Å²) in [6.07, 6.45) is -0.882. The molecule has 1 aliphatic heterocycles. The van der Waals surface area contributed by atoms with Gasteiger partial charge in [0, 0.05) is 6.07 Å². The Kier molecular flexibility index (Phi) is 3.29. The van der Waals surface area contributed by atoms with Gasteiger partial charge in [-0.1, -0.05) is 42.5 Å². The van der Waals surface area contributed by atoms with Crippen molar-refractivity contribution in [3.8, 4) is 0 Å². The Morgan fingerprint density at radius 2 is 1.58 bits per heavy atom. The van der Waals surface area contributed by atoms with Crippen molar-refractivity contribution in [1.82, 2.24) is 24.8 Å². The summed E-state index contributed by atoms with van der Waals surface area (Å²) in [4.78, 5) is 1.61. The zero-order valence-corrected chi connectivity index (χ0v) is 14.2. The van der Waals surface area contributed by atoms with E-state index in [-0.39, 0.29) is 6.04 Å². The van der Waals surface area contributed by atoms with E-state index >= 15 is 0 Å². The topological polar surface area (TPSA) is 80.8 Å². The molecule has 0 spiro atoms. The first-order valence-corrected chi connectivity index (χ1v) is 8.58. The second-order valence-electron chi connectivity index (χ2n) is 6.56. The summed E-state index contributed by atoms with van der Waals surface area (Å²) in [6.45, 7) is 1.91. The largest absolute Gasteiger partial charge is 0.369 e. The Balaban J connectivity index is 1.68. The van der Waals surface area contributed by atoms with Crippen molar-refractivity contribution in [1.29, 1.82) is 0 Å². The number of aryl methyl sites for hydroxylation is 1. The molecule has 0 fully saturated rings. The average molecular weight is 346 g/mol. The van der Waals surface area contributed by atoms with E-state index in [9.17, 15) is 5.11 Å². The molecule has 2 N–H and O–H groups in total. The van der Waals surface area contributed by atoms with Gasteiger partial charge in [-0.25, -0.2) is 4.68 Å². The van der Waals surface area contributed by atoms with Gasteiger partial charge in [0.15, 0.2) is 6.23 Å². The molecular formula is C19H18N6O. The summed E-state index contributed by atoms with van der Waals surface area (Å²) in [5, 5.41) is 28.2. The number of benzene rings is 2. The van der Waals surface area contributed by atoms with Crippen molar-refractivity contribution in [3.63, 3.8) is 0 Å². The molecule has 7 nitrogen and oxygen atoms in total. The Bertz CT molecular complexity index is 1040. The van der Waals surface area contributed by atoms with Crippen molar-refractivity contribution >= 4 is 16.9 Å². The maximum atomic E-state index is 11.1. The van der Waals surface area contributed by atoms with E-state index in [0.717, 1.165) is 28.1 Å². The van der Waals surface area contributed by atoms with Gasteiger partial charge in [0.05, 0.1) is 11.7 Å². The van der Waals surface area contributed by atoms with Crippen molar-refractivity contribution in [3.05, 3.63) is 71.9 Å². The van der Waals surface area contributed by atoms with E-state index in [1.165, 1.54) is 0 Å². The highest BCUT2D eigenvalue weighted by atomic mass is 16.3. The van der Waals surface area contributed by atoms with Crippen LogP contribution in [0, 0.1) is 6.92 Å². The highest BCUT2D eigenvalue weighted by Crippen LogP contribution is 2.41. The second kappa shape index (κ2) is 5.67. The predicted octanol–water partition coefficient (Wildman–Crippen LogP) is 2.84. The summed E-state index contributed by atoms with van der Waals surface area (Å²) in [5.41, 5.74) is 3.50. The highest BCUT2D eigenvalue weighted by Gasteiger charge is 2.40. The molecule has 7 heteroatoms. The van der Waals surface area contributed by atoms with Crippen LogP contribution in [0.2, 0.25) is 0 Å². The average Bonchev–Trinajstić information content (AvgIpc) is 3.25. The lowest BCUT2D eigenvalue weighted by Gasteiger charge is -2.36. The third-order valence-corrected chi connectivity index (χ3v) is 4.79. The van der Waals surface area contributed by atoms with E-state index < -0.39 is 12.3 Å². The molecule has 5 rings (SSSR count). The first kappa shape index (κ1) is 15.1. The first-order chi connectivity index (χ1) is 12.7. The maximum absolute atomic E-state index is 11.1. The molecule has 4 aromatic rings. The monoisotopic (exact) mass is 346 g/mol. The number of aromatic nitrogens is 5. The van der Waals surface area contributed by atoms with E-state index in [1.807, 2.05) is 67.6 Å². The van der Waals surface area contributed by atoms with Gasteiger partial charge >= 0.3 is 0 Å². The molecule has 1 aliphatic rings. The van der Waals surface area contributed by atoms with Crippen LogP contribution in [0.5, 0.6) is 0 Å². The third kappa shape index (κ3) is 2.28. The van der Waals surface area contributed by atoms with Crippen LogP contribution in [-0.4, -0.2) is 29.9 Å². The van der Waals surface area contributed by atoms with Gasteiger partial charge < -0.3 is 10.4 Å². The minimum absolute atomic E-state index is 0.184. The molecule has 3 heterocycles. The summed E-state index contributed by atoms with van der Waals surface area (Å²) in [5.74, 6) is 0.789. The molecule has 130 valence electrons. The van der Waals surface area contributed by atoms with Gasteiger partial charge in [0.2, 0.25) is 0 Å². The SMILES string of the molecule is Cc1cc2n(n1)C(O)C(n1nc3ccccc3n1)C(c1ccccc1)N2. The molecule has 0 saturated heterocycles. The van der Waals surface area contributed by atoms with E-state index in [1.54, 1.807) is 9.48 Å². The number of nitrogens with one attached hydrogen (secondary N) is 1. The van der Waals surface area contributed by atoms with Crippen LogP contribution < -0.4 is 5.32 Å². The molecule has 0 bridgehead atoms. The number of aliphatic hydroxyl groups excluding tert-OH is 1. The van der Waals surface area contributed by atoms with Crippen LogP contribution in [-0.2, 0) is 0 Å². The molecule has 26 heavy (non-hydrogen) atoms. The molecule has 3 atom stereocenters. The van der Waals surface area contributed by atoms with E-state index in [2.05, 4.69) is 20.6 Å². The number of rotatable bonds is 2. The van der Waals surface area contributed by atoms with Crippen LogP contribution in [0.1, 0.15) is 29.6 Å². The van der Waals surface area contributed by atoms with Crippen molar-refractivity contribution in [2.45, 2.75) is 25.2 Å². The van der Waals surface area contributed by atoms with Crippen LogP contribution in [0.25, 0.3) is 11.0 Å². The van der Waals surface area contributed by atoms with Gasteiger partial charge in [-0.05, 0) is 24.6 Å². The molecule has 3 unspecified atom stereocenters. The number of aliphatic hydroxyl groups is 1. The van der Waals surface area contributed by atoms with Gasteiger partial charge in [0.1, 0.15) is 22.9 Å². The third-order valence-electron chi connectivity index (χ3n) is 4.79. The highest BCUT2D eigenvalue weighted by molar-refractivity contribution is 5.73. The zero-order valence-electron chi connectivity index (χ0n) is 14.2. The molecule has 0 saturated carbocycles. The maximum Gasteiger partial charge on any atom is 0.175 e. The molecular weight excluding hydrogens is 328 g/mol. The molecule has 2 aromatic carbocycles. The summed E-state index contributed by atoms with van der Waals surface area (Å²) >= 11 is 0. The fraction of sp³-hybridized carbons (Fsp3) is 0.211. The van der Waals surface area contributed by atoms with Gasteiger partial charge in [-0.2, -0.15) is 20.1 Å². The van der Waals surface area contributed by atoms with Gasteiger partial charge in [-0.15, -0.1) is 0 Å². The van der Waals surface area contributed by atoms with Crippen LogP contribution in [0.15, 0.2) is 60.7 Å². The summed E-state index contributed by atoms with van der Waals surface area (Å²) < 4.78 is 1.60. The van der Waals surface area contributed by atoms with Crippen molar-refractivity contribution in [2.24, 2.45) is 0 Å². The van der Waals surface area contributed by atoms with E-state index in [4.69, 9.17) is 0 Å². The number of hydrogen-bond acceptors (Lipinski definition) is 5. The Morgan fingerprint density at radius 3 is 2.27 bits per heavy atom. The smallest absolute Gasteiger partial charge is 0.175 e. The molecule has 0 radical (unpaired) electrons. The summed E-state index contributed by atoms with van der Waals surface area (Å²) in [7, 11) is 0. The standard InChI is InChI=1S/C19H18N6O/c1-12-11-16-20-17(13-7-3-2-4-8-13)18(19(26)24(16)21-12)25-22-14-9-5-6-10-15(14)23-25/h2-11,17-20,26H,1H3. The lowest BCUT2D eigenvalue weighted by atomic mass is 9.96. The molecule has 0 amide bonds. The Morgan fingerprint density at radius 1 is 0.923 bits per heavy atom. The Hall–Kier alpha value is -3.19. The molecule has 0 aliphatic carbocycles. The number of nitrogens with zero attached hydrogens (tertiary/aromatic N) is 5. The van der Waals surface area contributed by atoms with Gasteiger partial charge in [0.25, 0.3) is 0 Å². The summed E-state index contributed by atoms with van der Waals surface area (Å²) in [6, 6.07) is 19.1. The zero-order chi connectivity index (χ0) is 17.7.